The van der Waals surface area contributed by atoms with Gasteiger partial charge >= 0.3 is 0 Å². The molecule has 100 valence electrons. The SMILES string of the molecule is C=C(C)CC(CCc1ccccc1C)NCCC. The van der Waals surface area contributed by atoms with Gasteiger partial charge in [0.2, 0.25) is 0 Å². The Morgan fingerprint density at radius 1 is 1.33 bits per heavy atom. The maximum absolute atomic E-state index is 4.04. The Balaban J connectivity index is 2.50. The second-order valence-electron chi connectivity index (χ2n) is 5.28. The Morgan fingerprint density at radius 3 is 2.67 bits per heavy atom. The average Bonchev–Trinajstić information content (AvgIpc) is 2.34. The van der Waals surface area contributed by atoms with Gasteiger partial charge in [0.1, 0.15) is 0 Å². The monoisotopic (exact) mass is 245 g/mol. The van der Waals surface area contributed by atoms with Gasteiger partial charge in [-0.1, -0.05) is 36.8 Å². The van der Waals surface area contributed by atoms with E-state index in [9.17, 15) is 0 Å². The van der Waals surface area contributed by atoms with E-state index in [0.717, 1.165) is 19.4 Å². The fraction of sp³-hybridized carbons (Fsp3) is 0.529. The standard InChI is InChI=1S/C17H27N/c1-5-12-18-17(13-14(2)3)11-10-16-9-7-6-8-15(16)4/h6-9,17-18H,2,5,10-13H2,1,3-4H3. The summed E-state index contributed by atoms with van der Waals surface area (Å²) in [5, 5.41) is 3.63. The molecule has 1 aromatic carbocycles. The molecule has 1 heteroatoms. The van der Waals surface area contributed by atoms with Crippen molar-refractivity contribution in [1.29, 1.82) is 0 Å². The minimum Gasteiger partial charge on any atom is -0.314 e. The van der Waals surface area contributed by atoms with Gasteiger partial charge in [-0.25, -0.2) is 0 Å². The maximum Gasteiger partial charge on any atom is 0.0107 e. The summed E-state index contributed by atoms with van der Waals surface area (Å²) in [6, 6.07) is 9.26. The van der Waals surface area contributed by atoms with Crippen LogP contribution >= 0.6 is 0 Å². The number of nitrogens with one attached hydrogen (secondary N) is 1. The molecule has 0 fully saturated rings. The predicted molar refractivity (Wildman–Crippen MR) is 81.0 cm³/mol. The molecule has 0 amide bonds. The van der Waals surface area contributed by atoms with Gasteiger partial charge in [0, 0.05) is 6.04 Å². The van der Waals surface area contributed by atoms with E-state index < -0.39 is 0 Å². The van der Waals surface area contributed by atoms with Crippen LogP contribution in [0.15, 0.2) is 36.4 Å². The van der Waals surface area contributed by atoms with Gasteiger partial charge in [-0.2, -0.15) is 0 Å². The second kappa shape index (κ2) is 8.10. The minimum absolute atomic E-state index is 0.571. The first-order chi connectivity index (χ1) is 8.63. The van der Waals surface area contributed by atoms with Crippen molar-refractivity contribution < 1.29 is 0 Å². The molecule has 1 rings (SSSR count). The van der Waals surface area contributed by atoms with E-state index in [1.54, 1.807) is 0 Å². The zero-order valence-corrected chi connectivity index (χ0v) is 12.1. The molecule has 0 heterocycles. The van der Waals surface area contributed by atoms with Crippen LogP contribution in [0.3, 0.4) is 0 Å². The van der Waals surface area contributed by atoms with Crippen LogP contribution in [0.5, 0.6) is 0 Å². The van der Waals surface area contributed by atoms with E-state index in [1.165, 1.54) is 29.5 Å². The molecule has 0 spiro atoms. The summed E-state index contributed by atoms with van der Waals surface area (Å²) in [5.74, 6) is 0. The second-order valence-corrected chi connectivity index (χ2v) is 5.28. The van der Waals surface area contributed by atoms with Gasteiger partial charge in [0.05, 0.1) is 0 Å². The molecule has 1 N–H and O–H groups in total. The lowest BCUT2D eigenvalue weighted by Crippen LogP contribution is -2.30. The van der Waals surface area contributed by atoms with Crippen molar-refractivity contribution in [2.24, 2.45) is 0 Å². The summed E-state index contributed by atoms with van der Waals surface area (Å²) in [4.78, 5) is 0. The Labute approximate surface area is 112 Å². The summed E-state index contributed by atoms with van der Waals surface area (Å²) >= 11 is 0. The highest BCUT2D eigenvalue weighted by atomic mass is 14.9. The number of aryl methyl sites for hydroxylation is 2. The average molecular weight is 245 g/mol. The highest BCUT2D eigenvalue weighted by molar-refractivity contribution is 5.25. The zero-order valence-electron chi connectivity index (χ0n) is 12.1. The topological polar surface area (TPSA) is 12.0 Å². The third-order valence-electron chi connectivity index (χ3n) is 3.30. The number of benzene rings is 1. The zero-order chi connectivity index (χ0) is 13.4. The van der Waals surface area contributed by atoms with E-state index in [4.69, 9.17) is 0 Å². The first kappa shape index (κ1) is 15.0. The minimum atomic E-state index is 0.571. The molecule has 0 saturated carbocycles. The van der Waals surface area contributed by atoms with Crippen LogP contribution in [0.25, 0.3) is 0 Å². The number of hydrogen-bond acceptors (Lipinski definition) is 1. The van der Waals surface area contributed by atoms with Crippen molar-refractivity contribution in [2.75, 3.05) is 6.54 Å². The number of hydrogen-bond donors (Lipinski definition) is 1. The van der Waals surface area contributed by atoms with Gasteiger partial charge in [0.15, 0.2) is 0 Å². The molecule has 1 unspecified atom stereocenters. The third-order valence-corrected chi connectivity index (χ3v) is 3.30. The van der Waals surface area contributed by atoms with E-state index in [2.05, 4.69) is 56.9 Å². The molecule has 0 saturated heterocycles. The molecule has 1 atom stereocenters. The molecule has 0 aliphatic rings. The van der Waals surface area contributed by atoms with Crippen LogP contribution in [0.4, 0.5) is 0 Å². The summed E-state index contributed by atoms with van der Waals surface area (Å²) in [7, 11) is 0. The Hall–Kier alpha value is -1.08. The van der Waals surface area contributed by atoms with Crippen LogP contribution in [-0.2, 0) is 6.42 Å². The van der Waals surface area contributed by atoms with Crippen LogP contribution in [-0.4, -0.2) is 12.6 Å². The van der Waals surface area contributed by atoms with Crippen LogP contribution in [0.2, 0.25) is 0 Å². The van der Waals surface area contributed by atoms with Crippen LogP contribution in [0, 0.1) is 6.92 Å². The molecule has 0 bridgehead atoms. The van der Waals surface area contributed by atoms with E-state index >= 15 is 0 Å². The highest BCUT2D eigenvalue weighted by Crippen LogP contribution is 2.14. The van der Waals surface area contributed by atoms with Gasteiger partial charge in [-0.05, 0) is 57.2 Å². The molecular weight excluding hydrogens is 218 g/mol. The van der Waals surface area contributed by atoms with Crippen molar-refractivity contribution in [1.82, 2.24) is 5.32 Å². The van der Waals surface area contributed by atoms with E-state index in [1.807, 2.05) is 0 Å². The predicted octanol–water partition coefficient (Wildman–Crippen LogP) is 4.26. The summed E-state index contributed by atoms with van der Waals surface area (Å²) in [6.45, 7) is 11.7. The molecule has 1 aromatic rings. The van der Waals surface area contributed by atoms with Crippen molar-refractivity contribution in [3.8, 4) is 0 Å². The molecule has 0 aliphatic heterocycles. The van der Waals surface area contributed by atoms with Gasteiger partial charge < -0.3 is 5.32 Å². The molecule has 0 radical (unpaired) electrons. The fourth-order valence-electron chi connectivity index (χ4n) is 2.27. The first-order valence-electron chi connectivity index (χ1n) is 7.05. The molecule has 1 nitrogen and oxygen atoms in total. The van der Waals surface area contributed by atoms with Crippen LogP contribution in [0.1, 0.15) is 44.2 Å². The fourth-order valence-corrected chi connectivity index (χ4v) is 2.27. The highest BCUT2D eigenvalue weighted by Gasteiger charge is 2.08. The molecule has 0 aromatic heterocycles. The summed E-state index contributed by atoms with van der Waals surface area (Å²) in [5.41, 5.74) is 4.15. The maximum atomic E-state index is 4.04. The Morgan fingerprint density at radius 2 is 2.06 bits per heavy atom. The first-order valence-corrected chi connectivity index (χ1v) is 7.05. The lowest BCUT2D eigenvalue weighted by atomic mass is 9.98. The molecular formula is C17H27N. The lowest BCUT2D eigenvalue weighted by Gasteiger charge is -2.19. The normalized spacial score (nSPS) is 12.4. The lowest BCUT2D eigenvalue weighted by molar-refractivity contribution is 0.476. The van der Waals surface area contributed by atoms with E-state index in [-0.39, 0.29) is 0 Å². The Kier molecular flexibility index (Phi) is 6.74. The van der Waals surface area contributed by atoms with Gasteiger partial charge in [-0.3, -0.25) is 0 Å². The third kappa shape index (κ3) is 5.50. The number of rotatable bonds is 8. The van der Waals surface area contributed by atoms with Gasteiger partial charge in [-0.15, -0.1) is 6.58 Å². The quantitative estimate of drug-likeness (QED) is 0.675. The van der Waals surface area contributed by atoms with Crippen molar-refractivity contribution in [3.05, 3.63) is 47.5 Å². The van der Waals surface area contributed by atoms with Crippen molar-refractivity contribution >= 4 is 0 Å². The van der Waals surface area contributed by atoms with E-state index in [0.29, 0.717) is 6.04 Å². The largest absolute Gasteiger partial charge is 0.314 e. The summed E-state index contributed by atoms with van der Waals surface area (Å²) < 4.78 is 0. The van der Waals surface area contributed by atoms with Crippen molar-refractivity contribution in [3.63, 3.8) is 0 Å². The molecule has 0 aliphatic carbocycles. The molecule has 18 heavy (non-hydrogen) atoms. The van der Waals surface area contributed by atoms with Crippen molar-refractivity contribution in [2.45, 2.75) is 52.5 Å². The Bertz CT molecular complexity index is 368. The smallest absolute Gasteiger partial charge is 0.0107 e. The van der Waals surface area contributed by atoms with Crippen LogP contribution < -0.4 is 5.32 Å². The summed E-state index contributed by atoms with van der Waals surface area (Å²) in [6.07, 6.45) is 4.63. The van der Waals surface area contributed by atoms with Gasteiger partial charge in [0.25, 0.3) is 0 Å².